The topological polar surface area (TPSA) is 3.24 Å². The first kappa shape index (κ1) is 15.0. The molecule has 0 aliphatic rings. The van der Waals surface area contributed by atoms with E-state index < -0.39 is 35.7 Å². The Kier molecular flexibility index (Phi) is 3.85. The van der Waals surface area contributed by atoms with Crippen LogP contribution in [0.3, 0.4) is 0 Å². The summed E-state index contributed by atoms with van der Waals surface area (Å²) in [5.74, 6) is 0. The van der Waals surface area contributed by atoms with Crippen molar-refractivity contribution in [3.05, 3.63) is 12.2 Å². The molecule has 0 fully saturated rings. The van der Waals surface area contributed by atoms with E-state index in [1.807, 2.05) is 0 Å². The highest BCUT2D eigenvalue weighted by Gasteiger charge is 2.65. The molecule has 0 atom stereocenters. The van der Waals surface area contributed by atoms with Gasteiger partial charge in [0.25, 0.3) is 6.08 Å². The molecule has 11 heteroatoms. The van der Waals surface area contributed by atoms with E-state index in [0.717, 1.165) is 0 Å². The molecule has 0 heterocycles. The minimum absolute atomic E-state index is 1.74. The van der Waals surface area contributed by atoms with Gasteiger partial charge in [0.15, 0.2) is 0 Å². The summed E-state index contributed by atoms with van der Waals surface area (Å²) in [6, 6.07) is -5.92. The lowest BCUT2D eigenvalue weighted by Gasteiger charge is -2.31. The summed E-state index contributed by atoms with van der Waals surface area (Å²) in [6.07, 6.45) is -18.2. The Labute approximate surface area is 80.9 Å². The third kappa shape index (κ3) is 3.87. The first-order valence-corrected chi connectivity index (χ1v) is 3.14. The van der Waals surface area contributed by atoms with Crippen molar-refractivity contribution in [1.29, 1.82) is 0 Å². The average Bonchev–Trinajstić information content (AvgIpc) is 1.70. The van der Waals surface area contributed by atoms with Crippen LogP contribution in [0.25, 0.3) is 0 Å². The van der Waals surface area contributed by atoms with Gasteiger partial charge >= 0.3 is 18.6 Å². The summed E-state index contributed by atoms with van der Waals surface area (Å²) >= 11 is 0. The number of alkyl halides is 8. The van der Waals surface area contributed by atoms with Crippen LogP contribution in [0.4, 0.5) is 43.9 Å². The van der Waals surface area contributed by atoms with E-state index in [1.54, 1.807) is 0 Å². The van der Waals surface area contributed by atoms with Gasteiger partial charge < -0.3 is 0 Å². The van der Waals surface area contributed by atoms with Crippen LogP contribution in [0.2, 0.25) is 0 Å². The predicted molar refractivity (Wildman–Crippen MR) is 29.2 cm³/mol. The smallest absolute Gasteiger partial charge is 0.183 e. The van der Waals surface area contributed by atoms with Crippen LogP contribution in [-0.4, -0.2) is 23.5 Å². The summed E-state index contributed by atoms with van der Waals surface area (Å²) < 4.78 is 117. The lowest BCUT2D eigenvalue weighted by atomic mass is 10.4. The van der Waals surface area contributed by atoms with Gasteiger partial charge in [0.2, 0.25) is 0 Å². The van der Waals surface area contributed by atoms with Gasteiger partial charge in [-0.2, -0.15) is 43.9 Å². The van der Waals surface area contributed by atoms with Gasteiger partial charge in [-0.05, 0) is 0 Å². The van der Waals surface area contributed by atoms with Gasteiger partial charge in [0.1, 0.15) is 0 Å². The van der Waals surface area contributed by atoms with Crippen LogP contribution < -0.4 is 0 Å². The first-order valence-electron chi connectivity index (χ1n) is 3.14. The SMILES string of the molecule is FC(F)=CC(F)(F)N(C(F)(F)F)C(F)(F)F. The largest absolute Gasteiger partial charge is 0.472 e. The second-order valence-electron chi connectivity index (χ2n) is 2.29. The standard InChI is InChI=1S/C5HF10N/c6-2(7)1-3(8,9)16(4(10,11)12)5(13,14)15/h1H. The molecule has 0 N–H and O–H groups in total. The lowest BCUT2D eigenvalue weighted by molar-refractivity contribution is -0.429. The van der Waals surface area contributed by atoms with Crippen LogP contribution in [-0.2, 0) is 0 Å². The van der Waals surface area contributed by atoms with Crippen LogP contribution in [0.5, 0.6) is 0 Å². The number of nitrogens with zero attached hydrogens (tertiary/aromatic N) is 1. The summed E-state index contributed by atoms with van der Waals surface area (Å²) in [5.41, 5.74) is 0. The molecular formula is C5HF10N. The van der Waals surface area contributed by atoms with Crippen LogP contribution in [0, 0.1) is 0 Å². The second-order valence-corrected chi connectivity index (χ2v) is 2.29. The Hall–Kier alpha value is -1.00. The summed E-state index contributed by atoms with van der Waals surface area (Å²) in [5, 5.41) is 0. The molecule has 0 bridgehead atoms. The Morgan fingerprint density at radius 1 is 0.750 bits per heavy atom. The molecule has 0 saturated heterocycles. The fourth-order valence-electron chi connectivity index (χ4n) is 0.678. The molecule has 0 spiro atoms. The van der Waals surface area contributed by atoms with Crippen molar-refractivity contribution in [2.75, 3.05) is 0 Å². The molecule has 0 aliphatic carbocycles. The maximum Gasteiger partial charge on any atom is 0.472 e. The number of rotatable bonds is 2. The van der Waals surface area contributed by atoms with Crippen LogP contribution >= 0.6 is 0 Å². The third-order valence-electron chi connectivity index (χ3n) is 1.09. The molecule has 0 rings (SSSR count). The fraction of sp³-hybridized carbons (Fsp3) is 0.600. The maximum atomic E-state index is 12.3. The number of halogens is 10. The van der Waals surface area contributed by atoms with Gasteiger partial charge in [-0.15, -0.1) is 0 Å². The van der Waals surface area contributed by atoms with Gasteiger partial charge in [-0.25, -0.2) is 0 Å². The van der Waals surface area contributed by atoms with Crippen molar-refractivity contribution in [1.82, 2.24) is 4.90 Å². The normalized spacial score (nSPS) is 14.2. The quantitative estimate of drug-likeness (QED) is 0.543. The van der Waals surface area contributed by atoms with Crippen molar-refractivity contribution in [2.24, 2.45) is 0 Å². The van der Waals surface area contributed by atoms with E-state index in [0.29, 0.717) is 0 Å². The molecule has 0 amide bonds. The minimum Gasteiger partial charge on any atom is -0.183 e. The molecule has 0 aromatic heterocycles. The zero-order valence-electron chi connectivity index (χ0n) is 6.80. The maximum absolute atomic E-state index is 12.3. The average molecular weight is 265 g/mol. The van der Waals surface area contributed by atoms with Crippen LogP contribution in [0.15, 0.2) is 12.2 Å². The number of hydrogen-bond donors (Lipinski definition) is 0. The third-order valence-corrected chi connectivity index (χ3v) is 1.09. The van der Waals surface area contributed by atoms with E-state index in [1.165, 1.54) is 0 Å². The zero-order valence-corrected chi connectivity index (χ0v) is 6.80. The van der Waals surface area contributed by atoms with E-state index >= 15 is 0 Å². The summed E-state index contributed by atoms with van der Waals surface area (Å²) in [6.45, 7) is 0. The second kappa shape index (κ2) is 4.11. The molecule has 0 radical (unpaired) electrons. The minimum atomic E-state index is -6.55. The Morgan fingerprint density at radius 2 is 1.06 bits per heavy atom. The molecule has 0 aliphatic heterocycles. The van der Waals surface area contributed by atoms with Crippen molar-refractivity contribution in [3.8, 4) is 0 Å². The summed E-state index contributed by atoms with van der Waals surface area (Å²) in [7, 11) is 0. The first-order chi connectivity index (χ1) is 6.78. The molecular weight excluding hydrogens is 264 g/mol. The Bertz CT molecular complexity index is 254. The molecule has 0 aromatic carbocycles. The lowest BCUT2D eigenvalue weighted by Crippen LogP contribution is -2.57. The zero-order chi connectivity index (χ0) is 13.4. The van der Waals surface area contributed by atoms with Crippen LogP contribution in [0.1, 0.15) is 0 Å². The molecule has 16 heavy (non-hydrogen) atoms. The molecule has 1 nitrogen and oxygen atoms in total. The van der Waals surface area contributed by atoms with Gasteiger partial charge in [-0.3, -0.25) is 0 Å². The predicted octanol–water partition coefficient (Wildman–Crippen LogP) is 3.70. The molecule has 0 aromatic rings. The van der Waals surface area contributed by atoms with Gasteiger partial charge in [-0.1, -0.05) is 4.90 Å². The van der Waals surface area contributed by atoms with Gasteiger partial charge in [0, 0.05) is 0 Å². The van der Waals surface area contributed by atoms with E-state index in [4.69, 9.17) is 0 Å². The van der Waals surface area contributed by atoms with Crippen molar-refractivity contribution < 1.29 is 43.9 Å². The summed E-state index contributed by atoms with van der Waals surface area (Å²) in [4.78, 5) is -3.23. The highest BCUT2D eigenvalue weighted by Crippen LogP contribution is 2.42. The van der Waals surface area contributed by atoms with E-state index in [2.05, 4.69) is 0 Å². The highest BCUT2D eigenvalue weighted by atomic mass is 19.4. The highest BCUT2D eigenvalue weighted by molar-refractivity contribution is 4.96. The fourth-order valence-corrected chi connectivity index (χ4v) is 0.678. The van der Waals surface area contributed by atoms with Crippen molar-refractivity contribution >= 4 is 0 Å². The van der Waals surface area contributed by atoms with E-state index in [-0.39, 0.29) is 0 Å². The molecule has 0 unspecified atom stereocenters. The van der Waals surface area contributed by atoms with Crippen molar-refractivity contribution in [3.63, 3.8) is 0 Å². The molecule has 0 saturated carbocycles. The van der Waals surface area contributed by atoms with E-state index in [9.17, 15) is 43.9 Å². The van der Waals surface area contributed by atoms with Crippen molar-refractivity contribution in [2.45, 2.75) is 18.6 Å². The Morgan fingerprint density at radius 3 is 1.25 bits per heavy atom. The Balaban J connectivity index is 5.46. The molecule has 96 valence electrons. The number of hydrogen-bond acceptors (Lipinski definition) is 1. The monoisotopic (exact) mass is 265 g/mol. The van der Waals surface area contributed by atoms with Gasteiger partial charge in [0.05, 0.1) is 6.08 Å².